The van der Waals surface area contributed by atoms with Crippen LogP contribution in [-0.4, -0.2) is 5.11 Å². The number of rotatable bonds is 2. The van der Waals surface area contributed by atoms with Gasteiger partial charge in [0.1, 0.15) is 6.10 Å². The fourth-order valence-electron chi connectivity index (χ4n) is 1.37. The molecule has 2 rings (SSSR count). The Labute approximate surface area is 112 Å². The van der Waals surface area contributed by atoms with E-state index < -0.39 is 6.10 Å². The largest absolute Gasteiger partial charge is 0.383 e. The van der Waals surface area contributed by atoms with E-state index in [1.165, 1.54) is 11.3 Å². The molecule has 84 valence electrons. The normalized spacial score (nSPS) is 12.8. The minimum absolute atomic E-state index is 0.435. The van der Waals surface area contributed by atoms with E-state index in [-0.39, 0.29) is 0 Å². The van der Waals surface area contributed by atoms with Gasteiger partial charge < -0.3 is 5.11 Å². The van der Waals surface area contributed by atoms with Crippen molar-refractivity contribution in [3.8, 4) is 0 Å². The van der Waals surface area contributed by atoms with E-state index in [0.29, 0.717) is 25.5 Å². The number of hydrogen-bond donors (Lipinski definition) is 1. The second-order valence-corrected chi connectivity index (χ2v) is 5.40. The van der Waals surface area contributed by atoms with Crippen molar-refractivity contribution in [1.29, 1.82) is 0 Å². The van der Waals surface area contributed by atoms with Crippen LogP contribution in [0.25, 0.3) is 0 Å². The van der Waals surface area contributed by atoms with Gasteiger partial charge in [0.2, 0.25) is 0 Å². The maximum absolute atomic E-state index is 10.1. The fourth-order valence-corrected chi connectivity index (χ4v) is 3.04. The molecule has 1 aromatic carbocycles. The summed E-state index contributed by atoms with van der Waals surface area (Å²) < 4.78 is 0. The smallest absolute Gasteiger partial charge is 0.116 e. The van der Waals surface area contributed by atoms with Gasteiger partial charge in [0.05, 0.1) is 9.90 Å². The lowest BCUT2D eigenvalue weighted by atomic mass is 10.1. The summed E-state index contributed by atoms with van der Waals surface area (Å²) in [5.41, 5.74) is 0.607. The van der Waals surface area contributed by atoms with E-state index in [9.17, 15) is 5.11 Å². The van der Waals surface area contributed by atoms with Crippen molar-refractivity contribution < 1.29 is 5.11 Å². The molecule has 0 saturated heterocycles. The number of benzene rings is 1. The third-order valence-electron chi connectivity index (χ3n) is 2.15. The average Bonchev–Trinajstić information content (AvgIpc) is 2.63. The van der Waals surface area contributed by atoms with Crippen molar-refractivity contribution in [2.24, 2.45) is 0 Å². The average molecular weight is 294 g/mol. The first-order chi connectivity index (χ1) is 7.59. The van der Waals surface area contributed by atoms with Gasteiger partial charge in [-0.3, -0.25) is 0 Å². The lowest BCUT2D eigenvalue weighted by Crippen LogP contribution is -1.98. The third-order valence-corrected chi connectivity index (χ3v) is 4.12. The summed E-state index contributed by atoms with van der Waals surface area (Å²) >= 11 is 19.1. The number of hydrogen-bond acceptors (Lipinski definition) is 2. The molecular weight excluding hydrogens is 287 g/mol. The molecular formula is C11H7Cl3OS. The Morgan fingerprint density at radius 2 is 1.81 bits per heavy atom. The zero-order chi connectivity index (χ0) is 11.7. The van der Waals surface area contributed by atoms with Gasteiger partial charge in [-0.2, -0.15) is 0 Å². The van der Waals surface area contributed by atoms with E-state index in [2.05, 4.69) is 0 Å². The molecule has 0 radical (unpaired) electrons. The number of thiophene rings is 1. The van der Waals surface area contributed by atoms with Crippen LogP contribution in [0.4, 0.5) is 0 Å². The Balaban J connectivity index is 2.41. The van der Waals surface area contributed by atoms with Crippen LogP contribution in [-0.2, 0) is 0 Å². The molecule has 16 heavy (non-hydrogen) atoms. The van der Waals surface area contributed by atoms with Crippen LogP contribution in [0.5, 0.6) is 0 Å². The van der Waals surface area contributed by atoms with Gasteiger partial charge in [-0.1, -0.05) is 40.9 Å². The highest BCUT2D eigenvalue weighted by Crippen LogP contribution is 2.36. The first-order valence-corrected chi connectivity index (χ1v) is 6.47. The second-order valence-electron chi connectivity index (χ2n) is 3.20. The van der Waals surface area contributed by atoms with Gasteiger partial charge in [0.15, 0.2) is 0 Å². The predicted molar refractivity (Wildman–Crippen MR) is 69.9 cm³/mol. The third kappa shape index (κ3) is 2.36. The van der Waals surface area contributed by atoms with E-state index in [1.807, 2.05) is 5.38 Å². The predicted octanol–water partition coefficient (Wildman–Crippen LogP) is 4.79. The van der Waals surface area contributed by atoms with Crippen molar-refractivity contribution in [1.82, 2.24) is 0 Å². The highest BCUT2D eigenvalue weighted by atomic mass is 35.5. The first-order valence-electron chi connectivity index (χ1n) is 4.45. The molecule has 5 heteroatoms. The summed E-state index contributed by atoms with van der Waals surface area (Å²) in [6.07, 6.45) is -0.808. The fraction of sp³-hybridized carbons (Fsp3) is 0.0909. The molecule has 0 aliphatic rings. The lowest BCUT2D eigenvalue weighted by molar-refractivity contribution is 0.224. The zero-order valence-corrected chi connectivity index (χ0v) is 11.0. The summed E-state index contributed by atoms with van der Waals surface area (Å²) in [6.45, 7) is 0. The first kappa shape index (κ1) is 12.2. The molecule has 0 spiro atoms. The van der Waals surface area contributed by atoms with Crippen LogP contribution in [0, 0.1) is 0 Å². The Kier molecular flexibility index (Phi) is 3.77. The van der Waals surface area contributed by atoms with Crippen LogP contribution in [0.3, 0.4) is 0 Å². The SMILES string of the molecule is OC(c1ccc(Cl)cc1Cl)c1sccc1Cl. The van der Waals surface area contributed by atoms with E-state index >= 15 is 0 Å². The van der Waals surface area contributed by atoms with Crippen molar-refractivity contribution in [2.45, 2.75) is 6.10 Å². The molecule has 1 heterocycles. The minimum Gasteiger partial charge on any atom is -0.383 e. The molecule has 1 nitrogen and oxygen atoms in total. The Morgan fingerprint density at radius 3 is 2.38 bits per heavy atom. The Bertz CT molecular complexity index is 510. The molecule has 0 aliphatic carbocycles. The van der Waals surface area contributed by atoms with Crippen LogP contribution < -0.4 is 0 Å². The van der Waals surface area contributed by atoms with E-state index in [0.717, 1.165) is 0 Å². The van der Waals surface area contributed by atoms with Crippen molar-refractivity contribution in [3.63, 3.8) is 0 Å². The van der Waals surface area contributed by atoms with Crippen molar-refractivity contribution in [3.05, 3.63) is 55.2 Å². The van der Waals surface area contributed by atoms with Crippen LogP contribution in [0.15, 0.2) is 29.6 Å². The summed E-state index contributed by atoms with van der Waals surface area (Å²) in [4.78, 5) is 0.686. The highest BCUT2D eigenvalue weighted by molar-refractivity contribution is 7.10. The van der Waals surface area contributed by atoms with E-state index in [1.54, 1.807) is 24.3 Å². The molecule has 0 aliphatic heterocycles. The monoisotopic (exact) mass is 292 g/mol. The van der Waals surface area contributed by atoms with Gasteiger partial charge in [-0.05, 0) is 23.6 Å². The van der Waals surface area contributed by atoms with Crippen LogP contribution in [0.2, 0.25) is 15.1 Å². The summed E-state index contributed by atoms with van der Waals surface area (Å²) in [5.74, 6) is 0. The van der Waals surface area contributed by atoms with Gasteiger partial charge in [0, 0.05) is 15.6 Å². The topological polar surface area (TPSA) is 20.2 Å². The van der Waals surface area contributed by atoms with Gasteiger partial charge in [-0.25, -0.2) is 0 Å². The van der Waals surface area contributed by atoms with Crippen molar-refractivity contribution in [2.75, 3.05) is 0 Å². The van der Waals surface area contributed by atoms with Crippen LogP contribution in [0.1, 0.15) is 16.5 Å². The highest BCUT2D eigenvalue weighted by Gasteiger charge is 2.18. The summed E-state index contributed by atoms with van der Waals surface area (Å²) in [5, 5.41) is 13.5. The lowest BCUT2D eigenvalue weighted by Gasteiger charge is -2.11. The van der Waals surface area contributed by atoms with E-state index in [4.69, 9.17) is 34.8 Å². The maximum atomic E-state index is 10.1. The summed E-state index contributed by atoms with van der Waals surface area (Å²) in [6, 6.07) is 6.73. The Hall–Kier alpha value is -0.250. The van der Waals surface area contributed by atoms with Gasteiger partial charge >= 0.3 is 0 Å². The molecule has 1 unspecified atom stereocenters. The Morgan fingerprint density at radius 1 is 1.06 bits per heavy atom. The van der Waals surface area contributed by atoms with Gasteiger partial charge in [-0.15, -0.1) is 11.3 Å². The van der Waals surface area contributed by atoms with Crippen LogP contribution >= 0.6 is 46.1 Å². The van der Waals surface area contributed by atoms with Crippen molar-refractivity contribution >= 4 is 46.1 Å². The standard InChI is InChI=1S/C11H7Cl3OS/c12-6-1-2-7(9(14)5-6)10(15)11-8(13)3-4-16-11/h1-5,10,15H. The maximum Gasteiger partial charge on any atom is 0.116 e. The van der Waals surface area contributed by atoms with Gasteiger partial charge in [0.25, 0.3) is 0 Å². The molecule has 1 N–H and O–H groups in total. The molecule has 2 aromatic rings. The molecule has 0 bridgehead atoms. The number of aliphatic hydroxyl groups excluding tert-OH is 1. The molecule has 0 saturated carbocycles. The minimum atomic E-state index is -0.808. The molecule has 1 aromatic heterocycles. The quantitative estimate of drug-likeness (QED) is 0.844. The molecule has 0 fully saturated rings. The summed E-state index contributed by atoms with van der Waals surface area (Å²) in [7, 11) is 0. The number of halogens is 3. The molecule has 1 atom stereocenters. The molecule has 0 amide bonds. The zero-order valence-electron chi connectivity index (χ0n) is 7.95. The second kappa shape index (κ2) is 4.94. The number of aliphatic hydroxyl groups is 1.